The average Bonchev–Trinajstić information content (AvgIpc) is 2.97. The maximum atomic E-state index is 11.9. The van der Waals surface area contributed by atoms with Crippen LogP contribution in [0.5, 0.6) is 0 Å². The summed E-state index contributed by atoms with van der Waals surface area (Å²) in [6.45, 7) is 7.88. The molecule has 0 aromatic carbocycles. The SMILES string of the molecule is CC(C)COCCNC(=O)c1cn(C2CCNCC2)nn1. The van der Waals surface area contributed by atoms with Gasteiger partial charge in [-0.2, -0.15) is 0 Å². The summed E-state index contributed by atoms with van der Waals surface area (Å²) in [5.41, 5.74) is 0.373. The van der Waals surface area contributed by atoms with E-state index in [-0.39, 0.29) is 5.91 Å². The van der Waals surface area contributed by atoms with Crippen molar-refractivity contribution in [1.29, 1.82) is 0 Å². The summed E-state index contributed by atoms with van der Waals surface area (Å²) in [6, 6.07) is 0.342. The molecule has 1 amide bonds. The number of aromatic nitrogens is 3. The van der Waals surface area contributed by atoms with Crippen LogP contribution < -0.4 is 10.6 Å². The van der Waals surface area contributed by atoms with Crippen molar-refractivity contribution in [2.24, 2.45) is 5.92 Å². The zero-order valence-corrected chi connectivity index (χ0v) is 12.8. The first-order chi connectivity index (χ1) is 10.2. The highest BCUT2D eigenvalue weighted by molar-refractivity contribution is 5.91. The molecule has 2 heterocycles. The number of carbonyl (C=O) groups is 1. The van der Waals surface area contributed by atoms with Crippen LogP contribution in [0.4, 0.5) is 0 Å². The second-order valence-corrected chi connectivity index (χ2v) is 5.79. The molecule has 1 aromatic rings. The van der Waals surface area contributed by atoms with E-state index in [0.717, 1.165) is 25.9 Å². The highest BCUT2D eigenvalue weighted by Gasteiger charge is 2.18. The first-order valence-electron chi connectivity index (χ1n) is 7.65. The Labute approximate surface area is 125 Å². The molecule has 0 aliphatic carbocycles. The zero-order valence-electron chi connectivity index (χ0n) is 12.8. The van der Waals surface area contributed by atoms with Crippen LogP contribution in [-0.2, 0) is 4.74 Å². The van der Waals surface area contributed by atoms with Crippen LogP contribution in [0.2, 0.25) is 0 Å². The molecule has 7 heteroatoms. The van der Waals surface area contributed by atoms with Crippen molar-refractivity contribution >= 4 is 5.91 Å². The average molecular weight is 295 g/mol. The first-order valence-corrected chi connectivity index (χ1v) is 7.65. The Morgan fingerprint density at radius 2 is 2.29 bits per heavy atom. The van der Waals surface area contributed by atoms with Crippen LogP contribution in [0, 0.1) is 5.92 Å². The van der Waals surface area contributed by atoms with Crippen molar-refractivity contribution in [2.75, 3.05) is 32.8 Å². The van der Waals surface area contributed by atoms with Crippen LogP contribution in [0.25, 0.3) is 0 Å². The van der Waals surface area contributed by atoms with Gasteiger partial charge in [-0.25, -0.2) is 4.68 Å². The topological polar surface area (TPSA) is 81.1 Å². The second kappa shape index (κ2) is 8.09. The molecule has 2 N–H and O–H groups in total. The van der Waals surface area contributed by atoms with Crippen LogP contribution in [0.3, 0.4) is 0 Å². The Hall–Kier alpha value is -1.47. The van der Waals surface area contributed by atoms with Gasteiger partial charge in [0.1, 0.15) is 0 Å². The van der Waals surface area contributed by atoms with E-state index in [1.807, 2.05) is 4.68 Å². The van der Waals surface area contributed by atoms with Crippen molar-refractivity contribution < 1.29 is 9.53 Å². The third kappa shape index (κ3) is 5.09. The molecule has 0 atom stereocenters. The minimum atomic E-state index is -0.191. The third-order valence-electron chi connectivity index (χ3n) is 3.41. The lowest BCUT2D eigenvalue weighted by Gasteiger charge is -2.22. The normalized spacial score (nSPS) is 16.3. The summed E-state index contributed by atoms with van der Waals surface area (Å²) in [6.07, 6.45) is 3.78. The van der Waals surface area contributed by atoms with E-state index in [4.69, 9.17) is 4.74 Å². The summed E-state index contributed by atoms with van der Waals surface area (Å²) >= 11 is 0. The molecule has 1 aliphatic rings. The summed E-state index contributed by atoms with van der Waals surface area (Å²) in [5, 5.41) is 14.1. The van der Waals surface area contributed by atoms with E-state index in [1.165, 1.54) is 0 Å². The second-order valence-electron chi connectivity index (χ2n) is 5.79. The van der Waals surface area contributed by atoms with Crippen LogP contribution in [0.1, 0.15) is 43.2 Å². The van der Waals surface area contributed by atoms with Crippen molar-refractivity contribution in [3.8, 4) is 0 Å². The zero-order chi connectivity index (χ0) is 15.1. The molecule has 1 fully saturated rings. The number of piperidine rings is 1. The molecule has 21 heavy (non-hydrogen) atoms. The first kappa shape index (κ1) is 15.9. The number of hydrogen-bond acceptors (Lipinski definition) is 5. The van der Waals surface area contributed by atoms with Crippen LogP contribution in [-0.4, -0.2) is 53.7 Å². The molecule has 0 unspecified atom stereocenters. The van der Waals surface area contributed by atoms with Gasteiger partial charge in [-0.3, -0.25) is 4.79 Å². The van der Waals surface area contributed by atoms with Crippen LogP contribution in [0.15, 0.2) is 6.20 Å². The van der Waals surface area contributed by atoms with E-state index < -0.39 is 0 Å². The van der Waals surface area contributed by atoms with E-state index in [0.29, 0.717) is 37.4 Å². The molecule has 2 rings (SSSR count). The van der Waals surface area contributed by atoms with Gasteiger partial charge in [0.25, 0.3) is 5.91 Å². The summed E-state index contributed by atoms with van der Waals surface area (Å²) in [7, 11) is 0. The monoisotopic (exact) mass is 295 g/mol. The molecule has 7 nitrogen and oxygen atoms in total. The number of ether oxygens (including phenoxy) is 1. The number of rotatable bonds is 7. The predicted molar refractivity (Wildman–Crippen MR) is 79.2 cm³/mol. The Balaban J connectivity index is 1.73. The maximum absolute atomic E-state index is 11.9. The summed E-state index contributed by atoms with van der Waals surface area (Å²) in [4.78, 5) is 11.9. The number of nitrogens with one attached hydrogen (secondary N) is 2. The number of amides is 1. The maximum Gasteiger partial charge on any atom is 0.273 e. The molecule has 0 bridgehead atoms. The Morgan fingerprint density at radius 3 is 3.00 bits per heavy atom. The Morgan fingerprint density at radius 1 is 1.52 bits per heavy atom. The fourth-order valence-electron chi connectivity index (χ4n) is 2.28. The lowest BCUT2D eigenvalue weighted by molar-refractivity contribution is 0.0882. The van der Waals surface area contributed by atoms with Crippen molar-refractivity contribution in [1.82, 2.24) is 25.6 Å². The molecule has 1 saturated heterocycles. The van der Waals surface area contributed by atoms with Gasteiger partial charge in [0, 0.05) is 13.2 Å². The molecule has 0 spiro atoms. The van der Waals surface area contributed by atoms with Gasteiger partial charge in [-0.05, 0) is 31.8 Å². The highest BCUT2D eigenvalue weighted by atomic mass is 16.5. The van der Waals surface area contributed by atoms with Gasteiger partial charge >= 0.3 is 0 Å². The van der Waals surface area contributed by atoms with Gasteiger partial charge in [0.05, 0.1) is 18.8 Å². The lowest BCUT2D eigenvalue weighted by Crippen LogP contribution is -2.30. The van der Waals surface area contributed by atoms with Crippen LogP contribution >= 0.6 is 0 Å². The number of nitrogens with zero attached hydrogens (tertiary/aromatic N) is 3. The minimum absolute atomic E-state index is 0.191. The van der Waals surface area contributed by atoms with Gasteiger partial charge < -0.3 is 15.4 Å². The van der Waals surface area contributed by atoms with Gasteiger partial charge in [0.2, 0.25) is 0 Å². The molecule has 1 aliphatic heterocycles. The number of hydrogen-bond donors (Lipinski definition) is 2. The largest absolute Gasteiger partial charge is 0.379 e. The Bertz CT molecular complexity index is 440. The quantitative estimate of drug-likeness (QED) is 0.720. The molecule has 0 saturated carbocycles. The smallest absolute Gasteiger partial charge is 0.273 e. The molecule has 1 aromatic heterocycles. The van der Waals surface area contributed by atoms with E-state index in [9.17, 15) is 4.79 Å². The lowest BCUT2D eigenvalue weighted by atomic mass is 10.1. The molecule has 0 radical (unpaired) electrons. The fraction of sp³-hybridized carbons (Fsp3) is 0.786. The van der Waals surface area contributed by atoms with E-state index in [2.05, 4.69) is 34.8 Å². The van der Waals surface area contributed by atoms with E-state index in [1.54, 1.807) is 6.20 Å². The van der Waals surface area contributed by atoms with E-state index >= 15 is 0 Å². The Kier molecular flexibility index (Phi) is 6.13. The number of carbonyl (C=O) groups excluding carboxylic acids is 1. The molecule has 118 valence electrons. The predicted octanol–water partition coefficient (Wildman–Crippen LogP) is 0.605. The molecular formula is C14H25N5O2. The van der Waals surface area contributed by atoms with Gasteiger partial charge in [-0.1, -0.05) is 19.1 Å². The molecular weight excluding hydrogens is 270 g/mol. The van der Waals surface area contributed by atoms with Crippen molar-refractivity contribution in [3.63, 3.8) is 0 Å². The van der Waals surface area contributed by atoms with Gasteiger partial charge in [0.15, 0.2) is 5.69 Å². The highest BCUT2D eigenvalue weighted by Crippen LogP contribution is 2.16. The standard InChI is InChI=1S/C14H25N5O2/c1-11(2)10-21-8-7-16-14(20)13-9-19(18-17-13)12-3-5-15-6-4-12/h9,11-12,15H,3-8,10H2,1-2H3,(H,16,20). The fourth-order valence-corrected chi connectivity index (χ4v) is 2.28. The van der Waals surface area contributed by atoms with Gasteiger partial charge in [-0.15, -0.1) is 5.10 Å². The minimum Gasteiger partial charge on any atom is -0.379 e. The van der Waals surface area contributed by atoms with Crippen molar-refractivity contribution in [2.45, 2.75) is 32.7 Å². The third-order valence-corrected chi connectivity index (χ3v) is 3.41. The van der Waals surface area contributed by atoms with Crippen molar-refractivity contribution in [3.05, 3.63) is 11.9 Å². The summed E-state index contributed by atoms with van der Waals surface area (Å²) in [5.74, 6) is 0.314. The summed E-state index contributed by atoms with van der Waals surface area (Å²) < 4.78 is 7.23.